The molecule has 3 N–H and O–H groups in total. The van der Waals surface area contributed by atoms with Crippen molar-refractivity contribution in [2.24, 2.45) is 5.84 Å². The van der Waals surface area contributed by atoms with E-state index in [0.717, 1.165) is 6.92 Å². The van der Waals surface area contributed by atoms with Crippen LogP contribution in [0, 0.1) is 0 Å². The van der Waals surface area contributed by atoms with Crippen molar-refractivity contribution in [2.75, 3.05) is 0 Å². The van der Waals surface area contributed by atoms with Gasteiger partial charge in [0.15, 0.2) is 5.78 Å². The van der Waals surface area contributed by atoms with Crippen molar-refractivity contribution >= 4 is 5.78 Å². The lowest BCUT2D eigenvalue weighted by molar-refractivity contribution is -0.122. The van der Waals surface area contributed by atoms with Crippen LogP contribution in [0.3, 0.4) is 0 Å². The molecule has 0 bridgehead atoms. The maximum absolute atomic E-state index is 11.7. The molecule has 0 aromatic carbocycles. The minimum absolute atomic E-state index is 0.609. The molecule has 0 spiro atoms. The number of ketones is 1. The van der Waals surface area contributed by atoms with Gasteiger partial charge in [0, 0.05) is 0 Å². The van der Waals surface area contributed by atoms with Crippen LogP contribution >= 0.6 is 0 Å². The van der Waals surface area contributed by atoms with Gasteiger partial charge in [-0.15, -0.1) is 0 Å². The van der Waals surface area contributed by atoms with Gasteiger partial charge >= 0.3 is 0 Å². The van der Waals surface area contributed by atoms with Gasteiger partial charge in [-0.25, -0.2) is 9.82 Å². The summed E-state index contributed by atoms with van der Waals surface area (Å²) in [6, 6.07) is 0. The van der Waals surface area contributed by atoms with E-state index in [1.165, 1.54) is 0 Å². The third-order valence-corrected chi connectivity index (χ3v) is 0.503. The Labute approximate surface area is 40.7 Å². The van der Waals surface area contributed by atoms with Gasteiger partial charge in [0.2, 0.25) is 6.30 Å². The topological polar surface area (TPSA) is 55.1 Å². The second-order valence-corrected chi connectivity index (χ2v) is 1.14. The number of Topliss-reactive ketones (excluding diaryl/α,β-unsaturated/α-hetero) is 1. The first kappa shape index (κ1) is 6.52. The van der Waals surface area contributed by atoms with E-state index in [4.69, 9.17) is 0 Å². The smallest absolute Gasteiger partial charge is 0.221 e. The third-order valence-electron chi connectivity index (χ3n) is 0.503. The van der Waals surface area contributed by atoms with E-state index in [0.29, 0.717) is 0 Å². The van der Waals surface area contributed by atoms with E-state index in [9.17, 15) is 9.18 Å². The Morgan fingerprint density at radius 3 is 2.43 bits per heavy atom. The van der Waals surface area contributed by atoms with Crippen LogP contribution in [-0.2, 0) is 4.79 Å². The molecule has 7 heavy (non-hydrogen) atoms. The first-order valence-electron chi connectivity index (χ1n) is 1.79. The molecule has 0 aromatic heterocycles. The summed E-state index contributed by atoms with van der Waals surface area (Å²) in [7, 11) is 0. The van der Waals surface area contributed by atoms with E-state index in [-0.39, 0.29) is 0 Å². The molecule has 1 atom stereocenters. The molecule has 0 saturated heterocycles. The fourth-order valence-corrected chi connectivity index (χ4v) is 0.117. The highest BCUT2D eigenvalue weighted by Crippen LogP contribution is 1.80. The third kappa shape index (κ3) is 2.24. The van der Waals surface area contributed by atoms with Crippen LogP contribution in [0.4, 0.5) is 4.39 Å². The summed E-state index contributed by atoms with van der Waals surface area (Å²) in [5.41, 5.74) is 1.65. The summed E-state index contributed by atoms with van der Waals surface area (Å²) in [5, 5.41) is 0. The van der Waals surface area contributed by atoms with Gasteiger partial charge in [0.25, 0.3) is 0 Å². The van der Waals surface area contributed by atoms with Crippen LogP contribution < -0.4 is 11.3 Å². The highest BCUT2D eigenvalue weighted by molar-refractivity contribution is 5.79. The van der Waals surface area contributed by atoms with Crippen LogP contribution in [0.15, 0.2) is 0 Å². The zero-order valence-electron chi connectivity index (χ0n) is 3.94. The fourth-order valence-electron chi connectivity index (χ4n) is 0.117. The predicted octanol–water partition coefficient (Wildman–Crippen LogP) is -0.666. The van der Waals surface area contributed by atoms with Crippen molar-refractivity contribution in [2.45, 2.75) is 13.2 Å². The molecular formula is C3H7FN2O. The molecule has 0 aliphatic heterocycles. The molecule has 0 fully saturated rings. The lowest BCUT2D eigenvalue weighted by Crippen LogP contribution is -2.36. The molecule has 0 heterocycles. The van der Waals surface area contributed by atoms with Crippen molar-refractivity contribution in [1.29, 1.82) is 0 Å². The molecule has 0 unspecified atom stereocenters. The Morgan fingerprint density at radius 2 is 2.43 bits per heavy atom. The number of halogens is 1. The Kier molecular flexibility index (Phi) is 2.47. The second kappa shape index (κ2) is 2.65. The van der Waals surface area contributed by atoms with Crippen molar-refractivity contribution < 1.29 is 9.18 Å². The normalized spacial score (nSPS) is 13.6. The maximum Gasteiger partial charge on any atom is 0.221 e. The van der Waals surface area contributed by atoms with Gasteiger partial charge in [-0.05, 0) is 6.92 Å². The van der Waals surface area contributed by atoms with Crippen molar-refractivity contribution in [3.05, 3.63) is 0 Å². The number of carbonyl (C=O) groups excluding carboxylic acids is 1. The predicted molar refractivity (Wildman–Crippen MR) is 22.9 cm³/mol. The van der Waals surface area contributed by atoms with Crippen LogP contribution in [-0.4, -0.2) is 12.1 Å². The number of nitrogens with two attached hydrogens (primary N) is 1. The largest absolute Gasteiger partial charge is 0.295 e. The molecule has 0 saturated carbocycles. The Bertz CT molecular complexity index is 75.3. The average Bonchev–Trinajstić information content (AvgIpc) is 1.65. The average molecular weight is 106 g/mol. The molecule has 4 heteroatoms. The van der Waals surface area contributed by atoms with Crippen LogP contribution in [0.2, 0.25) is 0 Å². The molecule has 0 amide bonds. The standard InChI is InChI=1S/C3H7FN2O/c1-2(7)3(4)6-5/h3,6H,5H2,1H3/t3-/m0/s1. The highest BCUT2D eigenvalue weighted by Gasteiger charge is 2.06. The van der Waals surface area contributed by atoms with Crippen molar-refractivity contribution in [3.8, 4) is 0 Å². The van der Waals surface area contributed by atoms with Gasteiger partial charge in [-0.3, -0.25) is 10.6 Å². The van der Waals surface area contributed by atoms with Crippen LogP contribution in [0.1, 0.15) is 6.92 Å². The van der Waals surface area contributed by atoms with Gasteiger partial charge in [-0.2, -0.15) is 0 Å². The number of rotatable bonds is 2. The summed E-state index contributed by atoms with van der Waals surface area (Å²) in [5.74, 6) is 3.92. The minimum atomic E-state index is -1.71. The van der Waals surface area contributed by atoms with Crippen molar-refractivity contribution in [1.82, 2.24) is 5.43 Å². The molecule has 0 aromatic rings. The molecule has 0 aliphatic rings. The number of hydrazine groups is 1. The second-order valence-electron chi connectivity index (χ2n) is 1.14. The maximum atomic E-state index is 11.7. The van der Waals surface area contributed by atoms with Gasteiger partial charge in [0.1, 0.15) is 0 Å². The van der Waals surface area contributed by atoms with Crippen LogP contribution in [0.25, 0.3) is 0 Å². The molecule has 42 valence electrons. The van der Waals surface area contributed by atoms with Gasteiger partial charge in [-0.1, -0.05) is 0 Å². The lowest BCUT2D eigenvalue weighted by atomic mass is 10.4. The molecule has 0 rings (SSSR count). The Morgan fingerprint density at radius 1 is 2.00 bits per heavy atom. The summed E-state index contributed by atoms with van der Waals surface area (Å²) < 4.78 is 11.7. The van der Waals surface area contributed by atoms with E-state index in [2.05, 4.69) is 5.84 Å². The van der Waals surface area contributed by atoms with Crippen molar-refractivity contribution in [3.63, 3.8) is 0 Å². The fraction of sp³-hybridized carbons (Fsp3) is 0.667. The zero-order chi connectivity index (χ0) is 5.86. The first-order valence-corrected chi connectivity index (χ1v) is 1.79. The van der Waals surface area contributed by atoms with E-state index in [1.54, 1.807) is 5.43 Å². The molecule has 0 aliphatic carbocycles. The summed E-state index contributed by atoms with van der Waals surface area (Å²) in [4.78, 5) is 9.86. The quantitative estimate of drug-likeness (QED) is 0.279. The molecule has 3 nitrogen and oxygen atoms in total. The first-order chi connectivity index (χ1) is 3.18. The SMILES string of the molecule is CC(=O)[C@@H](F)NN. The Balaban J connectivity index is 3.34. The number of nitrogens with one attached hydrogen (secondary N) is 1. The summed E-state index contributed by atoms with van der Waals surface area (Å²) in [6.45, 7) is 1.12. The Hall–Kier alpha value is -0.480. The number of hydrogen-bond acceptors (Lipinski definition) is 3. The number of carbonyl (C=O) groups is 1. The molecular weight excluding hydrogens is 99.0 g/mol. The lowest BCUT2D eigenvalue weighted by Gasteiger charge is -1.96. The van der Waals surface area contributed by atoms with Gasteiger partial charge in [0.05, 0.1) is 0 Å². The monoisotopic (exact) mass is 106 g/mol. The van der Waals surface area contributed by atoms with Crippen LogP contribution in [0.5, 0.6) is 0 Å². The van der Waals surface area contributed by atoms with E-state index in [1.807, 2.05) is 0 Å². The number of hydrogen-bond donors (Lipinski definition) is 2. The zero-order valence-corrected chi connectivity index (χ0v) is 3.94. The molecule has 0 radical (unpaired) electrons. The summed E-state index contributed by atoms with van der Waals surface area (Å²) >= 11 is 0. The van der Waals surface area contributed by atoms with Gasteiger partial charge < -0.3 is 0 Å². The van der Waals surface area contributed by atoms with E-state index >= 15 is 0 Å². The summed E-state index contributed by atoms with van der Waals surface area (Å²) in [6.07, 6.45) is -1.71. The number of alkyl halides is 1. The highest BCUT2D eigenvalue weighted by atomic mass is 19.1. The van der Waals surface area contributed by atoms with E-state index < -0.39 is 12.1 Å². The minimum Gasteiger partial charge on any atom is -0.295 e.